The normalized spacial score (nSPS) is 10.3. The van der Waals surface area contributed by atoms with Crippen LogP contribution in [0.1, 0.15) is 31.4 Å². The first kappa shape index (κ1) is 14.7. The van der Waals surface area contributed by atoms with Crippen molar-refractivity contribution in [2.75, 3.05) is 13.2 Å². The van der Waals surface area contributed by atoms with Crippen LogP contribution in [0.4, 0.5) is 4.39 Å². The summed E-state index contributed by atoms with van der Waals surface area (Å²) in [4.78, 5) is 0. The summed E-state index contributed by atoms with van der Waals surface area (Å²) in [6.07, 6.45) is 1.01. The highest BCUT2D eigenvalue weighted by atomic mass is 19.1. The average molecular weight is 249 g/mol. The van der Waals surface area contributed by atoms with E-state index in [1.54, 1.807) is 0 Å². The van der Waals surface area contributed by atoms with Crippen molar-refractivity contribution in [1.82, 2.24) is 0 Å². The van der Waals surface area contributed by atoms with Crippen LogP contribution in [0.25, 0.3) is 0 Å². The van der Waals surface area contributed by atoms with Crippen molar-refractivity contribution in [1.29, 1.82) is 0 Å². The molecule has 0 aliphatic carbocycles. The summed E-state index contributed by atoms with van der Waals surface area (Å²) >= 11 is 0. The van der Waals surface area contributed by atoms with Crippen LogP contribution in [0.3, 0.4) is 0 Å². The quantitative estimate of drug-likeness (QED) is 0.643. The predicted octanol–water partition coefficient (Wildman–Crippen LogP) is 2.70. The van der Waals surface area contributed by atoms with Gasteiger partial charge in [0.25, 0.3) is 0 Å². The Morgan fingerprint density at radius 3 is 2.78 bits per heavy atom. The van der Waals surface area contributed by atoms with Crippen LogP contribution in [0, 0.1) is 23.6 Å². The van der Waals surface area contributed by atoms with Crippen molar-refractivity contribution in [2.24, 2.45) is 11.7 Å². The lowest BCUT2D eigenvalue weighted by atomic mass is 10.1. The van der Waals surface area contributed by atoms with Crippen molar-refractivity contribution in [3.8, 4) is 11.8 Å². The molecule has 0 aliphatic heterocycles. The van der Waals surface area contributed by atoms with Gasteiger partial charge in [0.2, 0.25) is 0 Å². The van der Waals surface area contributed by atoms with Gasteiger partial charge in [0.15, 0.2) is 0 Å². The molecule has 2 nitrogen and oxygen atoms in total. The Hall–Kier alpha value is -1.37. The fraction of sp³-hybridized carbons (Fsp3) is 0.467. The van der Waals surface area contributed by atoms with Crippen molar-refractivity contribution in [2.45, 2.75) is 26.9 Å². The molecule has 1 aromatic rings. The molecule has 0 spiro atoms. The minimum absolute atomic E-state index is 0.275. The Kier molecular flexibility index (Phi) is 6.42. The summed E-state index contributed by atoms with van der Waals surface area (Å²) < 4.78 is 18.8. The van der Waals surface area contributed by atoms with Crippen LogP contribution in [-0.4, -0.2) is 13.2 Å². The summed E-state index contributed by atoms with van der Waals surface area (Å²) in [5, 5.41) is 0. The Morgan fingerprint density at radius 2 is 2.11 bits per heavy atom. The molecule has 2 N–H and O–H groups in total. The second-order valence-electron chi connectivity index (χ2n) is 4.59. The van der Waals surface area contributed by atoms with E-state index in [0.29, 0.717) is 24.7 Å². The van der Waals surface area contributed by atoms with Crippen LogP contribution >= 0.6 is 0 Å². The number of halogens is 1. The molecule has 1 aromatic carbocycles. The van der Waals surface area contributed by atoms with Crippen molar-refractivity contribution in [3.63, 3.8) is 0 Å². The number of benzene rings is 1. The van der Waals surface area contributed by atoms with Gasteiger partial charge in [-0.3, -0.25) is 0 Å². The first-order valence-electron chi connectivity index (χ1n) is 6.18. The molecule has 0 amide bonds. The second-order valence-corrected chi connectivity index (χ2v) is 4.59. The average Bonchev–Trinajstić information content (AvgIpc) is 2.31. The summed E-state index contributed by atoms with van der Waals surface area (Å²) in [6, 6.07) is 4.71. The number of rotatable bonds is 5. The van der Waals surface area contributed by atoms with E-state index in [1.807, 2.05) is 6.07 Å². The first-order valence-corrected chi connectivity index (χ1v) is 6.18. The molecule has 0 radical (unpaired) electrons. The van der Waals surface area contributed by atoms with E-state index >= 15 is 0 Å². The van der Waals surface area contributed by atoms with Gasteiger partial charge in [-0.1, -0.05) is 25.7 Å². The molecule has 0 fully saturated rings. The summed E-state index contributed by atoms with van der Waals surface area (Å²) in [7, 11) is 0. The van der Waals surface area contributed by atoms with E-state index in [-0.39, 0.29) is 12.4 Å². The first-order chi connectivity index (χ1) is 8.61. The summed E-state index contributed by atoms with van der Waals surface area (Å²) in [5.74, 6) is 5.86. The lowest BCUT2D eigenvalue weighted by Gasteiger charge is -2.07. The molecule has 18 heavy (non-hydrogen) atoms. The summed E-state index contributed by atoms with van der Waals surface area (Å²) in [5.41, 5.74) is 6.73. The van der Waals surface area contributed by atoms with Gasteiger partial charge in [0.05, 0.1) is 13.2 Å². The van der Waals surface area contributed by atoms with Crippen LogP contribution in [0.2, 0.25) is 0 Å². The van der Waals surface area contributed by atoms with Gasteiger partial charge in [-0.15, -0.1) is 0 Å². The van der Waals surface area contributed by atoms with Gasteiger partial charge >= 0.3 is 0 Å². The SMILES string of the molecule is CC(C)CCOCc1cc(F)cc(C#CCN)c1. The Morgan fingerprint density at radius 1 is 1.33 bits per heavy atom. The third-order valence-corrected chi connectivity index (χ3v) is 2.40. The smallest absolute Gasteiger partial charge is 0.124 e. The number of hydrogen-bond donors (Lipinski definition) is 1. The van der Waals surface area contributed by atoms with Crippen LogP contribution in [0.15, 0.2) is 18.2 Å². The molecule has 0 atom stereocenters. The Labute approximate surface area is 108 Å². The molecule has 0 aliphatic rings. The van der Waals surface area contributed by atoms with Gasteiger partial charge in [0, 0.05) is 12.2 Å². The maximum atomic E-state index is 13.3. The van der Waals surface area contributed by atoms with Gasteiger partial charge in [-0.2, -0.15) is 0 Å². The van der Waals surface area contributed by atoms with Gasteiger partial charge in [-0.25, -0.2) is 4.39 Å². The van der Waals surface area contributed by atoms with E-state index in [1.165, 1.54) is 12.1 Å². The fourth-order valence-corrected chi connectivity index (χ4v) is 1.47. The van der Waals surface area contributed by atoms with Crippen LogP contribution < -0.4 is 5.73 Å². The standard InChI is InChI=1S/C15H20FNO/c1-12(2)5-7-18-11-14-8-13(4-3-6-17)9-15(16)10-14/h8-10,12H,5-7,11,17H2,1-2H3. The lowest BCUT2D eigenvalue weighted by molar-refractivity contribution is 0.110. The number of nitrogens with two attached hydrogens (primary N) is 1. The maximum absolute atomic E-state index is 13.3. The lowest BCUT2D eigenvalue weighted by Crippen LogP contribution is -2.00. The van der Waals surface area contributed by atoms with Gasteiger partial charge < -0.3 is 10.5 Å². The third kappa shape index (κ3) is 5.81. The maximum Gasteiger partial charge on any atom is 0.124 e. The molecular formula is C15H20FNO. The minimum Gasteiger partial charge on any atom is -0.377 e. The molecule has 1 rings (SSSR count). The fourth-order valence-electron chi connectivity index (χ4n) is 1.47. The van der Waals surface area contributed by atoms with E-state index in [4.69, 9.17) is 10.5 Å². The number of ether oxygens (including phenoxy) is 1. The Balaban J connectivity index is 2.57. The molecule has 0 saturated carbocycles. The van der Waals surface area contributed by atoms with E-state index in [0.717, 1.165) is 12.0 Å². The van der Waals surface area contributed by atoms with Crippen molar-refractivity contribution < 1.29 is 9.13 Å². The highest BCUT2D eigenvalue weighted by molar-refractivity contribution is 5.37. The van der Waals surface area contributed by atoms with Gasteiger partial charge in [-0.05, 0) is 36.1 Å². The predicted molar refractivity (Wildman–Crippen MR) is 71.4 cm³/mol. The molecule has 3 heteroatoms. The monoisotopic (exact) mass is 249 g/mol. The molecule has 0 unspecified atom stereocenters. The minimum atomic E-state index is -0.290. The topological polar surface area (TPSA) is 35.2 Å². The summed E-state index contributed by atoms with van der Waals surface area (Å²) in [6.45, 7) is 5.68. The van der Waals surface area contributed by atoms with Crippen LogP contribution in [0.5, 0.6) is 0 Å². The molecule has 0 bridgehead atoms. The zero-order chi connectivity index (χ0) is 13.4. The zero-order valence-corrected chi connectivity index (χ0v) is 11.0. The Bertz CT molecular complexity index is 432. The molecule has 0 heterocycles. The van der Waals surface area contributed by atoms with E-state index in [9.17, 15) is 4.39 Å². The highest BCUT2D eigenvalue weighted by Crippen LogP contribution is 2.10. The highest BCUT2D eigenvalue weighted by Gasteiger charge is 2.00. The largest absolute Gasteiger partial charge is 0.377 e. The molecule has 0 saturated heterocycles. The van der Waals surface area contributed by atoms with E-state index in [2.05, 4.69) is 25.7 Å². The van der Waals surface area contributed by atoms with Crippen molar-refractivity contribution in [3.05, 3.63) is 35.1 Å². The molecule has 0 aromatic heterocycles. The number of hydrogen-bond acceptors (Lipinski definition) is 2. The molecule has 98 valence electrons. The van der Waals surface area contributed by atoms with Crippen molar-refractivity contribution >= 4 is 0 Å². The molecular weight excluding hydrogens is 229 g/mol. The van der Waals surface area contributed by atoms with E-state index < -0.39 is 0 Å². The zero-order valence-electron chi connectivity index (χ0n) is 11.0. The second kappa shape index (κ2) is 7.86. The van der Waals surface area contributed by atoms with Crippen LogP contribution in [-0.2, 0) is 11.3 Å². The van der Waals surface area contributed by atoms with Gasteiger partial charge in [0.1, 0.15) is 5.82 Å². The third-order valence-electron chi connectivity index (χ3n) is 2.40.